The van der Waals surface area contributed by atoms with Gasteiger partial charge in [-0.2, -0.15) is 0 Å². The largest absolute Gasteiger partial charge is 0.480 e. The number of carboxylic acids is 1. The Labute approximate surface area is 107 Å². The van der Waals surface area contributed by atoms with Crippen LogP contribution in [0.2, 0.25) is 0 Å². The number of hydrogen-bond donors (Lipinski definition) is 2. The van der Waals surface area contributed by atoms with Crippen LogP contribution in [-0.4, -0.2) is 35.1 Å². The van der Waals surface area contributed by atoms with E-state index in [1.165, 1.54) is 4.90 Å². The molecule has 0 radical (unpaired) electrons. The molecule has 1 heterocycles. The number of rotatable bonds is 3. The molecule has 0 aromatic heterocycles. The summed E-state index contributed by atoms with van der Waals surface area (Å²) in [5.74, 6) is -1.00. The third kappa shape index (κ3) is 2.76. The average Bonchev–Trinajstić information content (AvgIpc) is 2.60. The molecule has 0 aliphatic carbocycles. The molecule has 90 valence electrons. The molecule has 0 bridgehead atoms. The Morgan fingerprint density at radius 1 is 1.47 bits per heavy atom. The molecular formula is C11H11BrN2O3. The maximum atomic E-state index is 11.5. The van der Waals surface area contributed by atoms with E-state index >= 15 is 0 Å². The molecule has 2 rings (SSSR count). The molecule has 1 fully saturated rings. The van der Waals surface area contributed by atoms with Crippen molar-refractivity contribution in [2.24, 2.45) is 0 Å². The number of nitrogens with zero attached hydrogens (tertiary/aromatic N) is 1. The lowest BCUT2D eigenvalue weighted by Gasteiger charge is -2.11. The van der Waals surface area contributed by atoms with E-state index in [1.54, 1.807) is 0 Å². The number of urea groups is 1. The van der Waals surface area contributed by atoms with Crippen molar-refractivity contribution in [1.82, 2.24) is 10.2 Å². The number of aliphatic carboxylic acids is 1. The lowest BCUT2D eigenvalue weighted by Crippen LogP contribution is -2.32. The summed E-state index contributed by atoms with van der Waals surface area (Å²) in [6, 6.07) is 7.11. The lowest BCUT2D eigenvalue weighted by molar-refractivity contribution is -0.137. The Kier molecular flexibility index (Phi) is 3.33. The standard InChI is InChI=1S/C11H11BrN2O3/c12-8-3-1-7(2-4-8)9-5-14(6-10(15)16)11(17)13-9/h1-4,9H,5-6H2,(H,13,17)(H,15,16). The molecule has 17 heavy (non-hydrogen) atoms. The summed E-state index contributed by atoms with van der Waals surface area (Å²) in [6.45, 7) is 0.117. The summed E-state index contributed by atoms with van der Waals surface area (Å²) >= 11 is 3.34. The van der Waals surface area contributed by atoms with Crippen LogP contribution in [0.4, 0.5) is 4.79 Å². The maximum Gasteiger partial charge on any atom is 0.323 e. The van der Waals surface area contributed by atoms with Crippen LogP contribution in [-0.2, 0) is 4.79 Å². The van der Waals surface area contributed by atoms with Crippen LogP contribution in [0.1, 0.15) is 11.6 Å². The highest BCUT2D eigenvalue weighted by atomic mass is 79.9. The SMILES string of the molecule is O=C(O)CN1CC(c2ccc(Br)cc2)NC1=O. The van der Waals surface area contributed by atoms with Crippen molar-refractivity contribution in [2.75, 3.05) is 13.1 Å². The number of amides is 2. The van der Waals surface area contributed by atoms with Crippen molar-refractivity contribution in [2.45, 2.75) is 6.04 Å². The van der Waals surface area contributed by atoms with Gasteiger partial charge >= 0.3 is 12.0 Å². The van der Waals surface area contributed by atoms with Gasteiger partial charge in [-0.15, -0.1) is 0 Å². The molecule has 2 amide bonds. The summed E-state index contributed by atoms with van der Waals surface area (Å²) < 4.78 is 0.966. The fourth-order valence-corrected chi connectivity index (χ4v) is 2.04. The van der Waals surface area contributed by atoms with Gasteiger partial charge in [0.25, 0.3) is 0 Å². The van der Waals surface area contributed by atoms with Gasteiger partial charge in [0, 0.05) is 11.0 Å². The van der Waals surface area contributed by atoms with E-state index in [0.717, 1.165) is 10.0 Å². The molecule has 1 aromatic carbocycles. The highest BCUT2D eigenvalue weighted by Gasteiger charge is 2.30. The van der Waals surface area contributed by atoms with Crippen molar-refractivity contribution < 1.29 is 14.7 Å². The third-order valence-electron chi connectivity index (χ3n) is 2.59. The predicted octanol–water partition coefficient (Wildman–Crippen LogP) is 1.60. The summed E-state index contributed by atoms with van der Waals surface area (Å²) in [5.41, 5.74) is 0.967. The lowest BCUT2D eigenvalue weighted by atomic mass is 10.1. The molecule has 0 saturated carbocycles. The van der Waals surface area contributed by atoms with E-state index < -0.39 is 5.97 Å². The normalized spacial score (nSPS) is 19.2. The van der Waals surface area contributed by atoms with E-state index in [2.05, 4.69) is 21.2 Å². The Morgan fingerprint density at radius 2 is 2.12 bits per heavy atom. The highest BCUT2D eigenvalue weighted by molar-refractivity contribution is 9.10. The maximum absolute atomic E-state index is 11.5. The number of carbonyl (C=O) groups is 2. The summed E-state index contributed by atoms with van der Waals surface area (Å²) in [4.78, 5) is 23.4. The van der Waals surface area contributed by atoms with Crippen molar-refractivity contribution >= 4 is 27.9 Å². The summed E-state index contributed by atoms with van der Waals surface area (Å²) in [5, 5.41) is 11.4. The zero-order chi connectivity index (χ0) is 12.4. The zero-order valence-electron chi connectivity index (χ0n) is 8.89. The molecule has 1 aromatic rings. The Hall–Kier alpha value is -1.56. The molecule has 2 N–H and O–H groups in total. The van der Waals surface area contributed by atoms with Crippen LogP contribution in [0.5, 0.6) is 0 Å². The zero-order valence-corrected chi connectivity index (χ0v) is 10.5. The van der Waals surface area contributed by atoms with E-state index in [0.29, 0.717) is 6.54 Å². The predicted molar refractivity (Wildman–Crippen MR) is 64.6 cm³/mol. The minimum atomic E-state index is -1.00. The quantitative estimate of drug-likeness (QED) is 0.890. The monoisotopic (exact) mass is 298 g/mol. The van der Waals surface area contributed by atoms with E-state index in [4.69, 9.17) is 5.11 Å². The molecule has 6 heteroatoms. The molecular weight excluding hydrogens is 288 g/mol. The van der Waals surface area contributed by atoms with Gasteiger partial charge in [0.1, 0.15) is 6.54 Å². The van der Waals surface area contributed by atoms with Gasteiger partial charge in [-0.25, -0.2) is 4.79 Å². The van der Waals surface area contributed by atoms with Crippen LogP contribution in [0.25, 0.3) is 0 Å². The first-order chi connectivity index (χ1) is 8.06. The summed E-state index contributed by atoms with van der Waals surface area (Å²) in [6.07, 6.45) is 0. The molecule has 0 spiro atoms. The fraction of sp³-hybridized carbons (Fsp3) is 0.273. The molecule has 1 aliphatic rings. The second-order valence-corrected chi connectivity index (χ2v) is 4.74. The first-order valence-electron chi connectivity index (χ1n) is 5.09. The average molecular weight is 299 g/mol. The first-order valence-corrected chi connectivity index (χ1v) is 5.88. The molecule has 5 nitrogen and oxygen atoms in total. The number of nitrogens with one attached hydrogen (secondary N) is 1. The van der Waals surface area contributed by atoms with Crippen LogP contribution < -0.4 is 5.32 Å². The fourth-order valence-electron chi connectivity index (χ4n) is 1.77. The van der Waals surface area contributed by atoms with Gasteiger partial charge < -0.3 is 15.3 Å². The van der Waals surface area contributed by atoms with E-state index in [1.807, 2.05) is 24.3 Å². The Bertz CT molecular complexity index is 447. The molecule has 1 unspecified atom stereocenters. The van der Waals surface area contributed by atoms with Crippen LogP contribution in [0.15, 0.2) is 28.7 Å². The number of carbonyl (C=O) groups excluding carboxylic acids is 1. The number of benzene rings is 1. The smallest absolute Gasteiger partial charge is 0.323 e. The van der Waals surface area contributed by atoms with Crippen molar-refractivity contribution in [3.63, 3.8) is 0 Å². The van der Waals surface area contributed by atoms with Gasteiger partial charge in [0.15, 0.2) is 0 Å². The Balaban J connectivity index is 2.08. The summed E-state index contributed by atoms with van der Waals surface area (Å²) in [7, 11) is 0. The van der Waals surface area contributed by atoms with E-state index in [-0.39, 0.29) is 18.6 Å². The highest BCUT2D eigenvalue weighted by Crippen LogP contribution is 2.21. The van der Waals surface area contributed by atoms with Gasteiger partial charge in [0.05, 0.1) is 6.04 Å². The number of hydrogen-bond acceptors (Lipinski definition) is 2. The van der Waals surface area contributed by atoms with Crippen molar-refractivity contribution in [1.29, 1.82) is 0 Å². The van der Waals surface area contributed by atoms with Gasteiger partial charge in [-0.1, -0.05) is 28.1 Å². The van der Waals surface area contributed by atoms with Crippen LogP contribution >= 0.6 is 15.9 Å². The number of carboxylic acid groups (broad SMARTS) is 1. The molecule has 1 saturated heterocycles. The van der Waals surface area contributed by atoms with Crippen molar-refractivity contribution in [3.05, 3.63) is 34.3 Å². The number of halogens is 1. The minimum absolute atomic E-state index is 0.144. The second kappa shape index (κ2) is 4.75. The van der Waals surface area contributed by atoms with Crippen LogP contribution in [0.3, 0.4) is 0 Å². The first kappa shape index (κ1) is 11.9. The molecule has 1 atom stereocenters. The minimum Gasteiger partial charge on any atom is -0.480 e. The van der Waals surface area contributed by atoms with Crippen LogP contribution in [0, 0.1) is 0 Å². The van der Waals surface area contributed by atoms with Crippen molar-refractivity contribution in [3.8, 4) is 0 Å². The van der Waals surface area contributed by atoms with E-state index in [9.17, 15) is 9.59 Å². The van der Waals surface area contributed by atoms with Gasteiger partial charge in [-0.3, -0.25) is 4.79 Å². The topological polar surface area (TPSA) is 69.6 Å². The third-order valence-corrected chi connectivity index (χ3v) is 3.12. The van der Waals surface area contributed by atoms with Gasteiger partial charge in [0.2, 0.25) is 0 Å². The second-order valence-electron chi connectivity index (χ2n) is 3.83. The Morgan fingerprint density at radius 3 is 2.71 bits per heavy atom. The molecule has 1 aliphatic heterocycles. The van der Waals surface area contributed by atoms with Gasteiger partial charge in [-0.05, 0) is 17.7 Å².